The molecule has 19 heavy (non-hydrogen) atoms. The predicted molar refractivity (Wildman–Crippen MR) is 83.5 cm³/mol. The molecule has 1 N–H and O–H groups in total. The van der Waals surface area contributed by atoms with Crippen molar-refractivity contribution in [1.82, 2.24) is 5.32 Å². The van der Waals surface area contributed by atoms with E-state index >= 15 is 0 Å². The molecule has 1 saturated carbocycles. The molecule has 1 aromatic rings. The van der Waals surface area contributed by atoms with Crippen LogP contribution in [-0.4, -0.2) is 6.04 Å². The van der Waals surface area contributed by atoms with Gasteiger partial charge in [0, 0.05) is 12.1 Å². The van der Waals surface area contributed by atoms with Crippen molar-refractivity contribution in [3.05, 3.63) is 34.9 Å². The first-order valence-corrected chi connectivity index (χ1v) is 7.93. The molecule has 1 heteroatoms. The summed E-state index contributed by atoms with van der Waals surface area (Å²) in [7, 11) is 0. The molecule has 1 fully saturated rings. The van der Waals surface area contributed by atoms with Crippen LogP contribution in [0.1, 0.15) is 68.7 Å². The van der Waals surface area contributed by atoms with Gasteiger partial charge in [-0.2, -0.15) is 0 Å². The lowest BCUT2D eigenvalue weighted by atomic mass is 9.84. The number of hydrogen-bond donors (Lipinski definition) is 1. The molecule has 0 saturated heterocycles. The van der Waals surface area contributed by atoms with Gasteiger partial charge in [-0.1, -0.05) is 37.1 Å². The van der Waals surface area contributed by atoms with Crippen molar-refractivity contribution < 1.29 is 0 Å². The Kier molecular flexibility index (Phi) is 5.04. The second kappa shape index (κ2) is 6.56. The molecule has 0 aromatic heterocycles. The highest BCUT2D eigenvalue weighted by Gasteiger charge is 2.21. The van der Waals surface area contributed by atoms with Gasteiger partial charge in [-0.25, -0.2) is 0 Å². The molecule has 1 aromatic carbocycles. The molecule has 1 aliphatic rings. The van der Waals surface area contributed by atoms with Gasteiger partial charge >= 0.3 is 0 Å². The third kappa shape index (κ3) is 3.82. The molecular formula is C18H29N. The summed E-state index contributed by atoms with van der Waals surface area (Å²) in [6, 6.07) is 8.01. The highest BCUT2D eigenvalue weighted by Crippen LogP contribution is 2.28. The van der Waals surface area contributed by atoms with Gasteiger partial charge in [0.25, 0.3) is 0 Å². The zero-order valence-corrected chi connectivity index (χ0v) is 13.0. The first kappa shape index (κ1) is 14.6. The third-order valence-electron chi connectivity index (χ3n) is 4.80. The number of hydrogen-bond acceptors (Lipinski definition) is 1. The maximum absolute atomic E-state index is 3.84. The van der Waals surface area contributed by atoms with Crippen LogP contribution in [0.3, 0.4) is 0 Å². The van der Waals surface area contributed by atoms with E-state index in [1.54, 1.807) is 0 Å². The summed E-state index contributed by atoms with van der Waals surface area (Å²) >= 11 is 0. The van der Waals surface area contributed by atoms with E-state index in [0.717, 1.165) is 12.0 Å². The zero-order chi connectivity index (χ0) is 13.8. The first-order chi connectivity index (χ1) is 9.10. The number of benzene rings is 1. The van der Waals surface area contributed by atoms with Gasteiger partial charge in [0.2, 0.25) is 0 Å². The SMILES string of the molecule is CCC1CCC(NC(C)c2ccc(C)cc2C)CC1. The fraction of sp³-hybridized carbons (Fsp3) is 0.667. The fourth-order valence-corrected chi connectivity index (χ4v) is 3.49. The topological polar surface area (TPSA) is 12.0 Å². The Morgan fingerprint density at radius 2 is 1.84 bits per heavy atom. The molecule has 1 unspecified atom stereocenters. The van der Waals surface area contributed by atoms with Gasteiger partial charge in [0.1, 0.15) is 0 Å². The molecule has 0 bridgehead atoms. The van der Waals surface area contributed by atoms with Gasteiger partial charge in [-0.15, -0.1) is 0 Å². The number of nitrogens with one attached hydrogen (secondary N) is 1. The van der Waals surface area contributed by atoms with Crippen molar-refractivity contribution in [1.29, 1.82) is 0 Å². The van der Waals surface area contributed by atoms with Crippen molar-refractivity contribution in [3.63, 3.8) is 0 Å². The van der Waals surface area contributed by atoms with Crippen molar-refractivity contribution in [2.75, 3.05) is 0 Å². The van der Waals surface area contributed by atoms with Crippen LogP contribution in [0.25, 0.3) is 0 Å². The van der Waals surface area contributed by atoms with E-state index in [1.165, 1.54) is 48.8 Å². The molecule has 0 heterocycles. The summed E-state index contributed by atoms with van der Waals surface area (Å²) in [5, 5.41) is 3.84. The molecule has 0 radical (unpaired) electrons. The second-order valence-electron chi connectivity index (χ2n) is 6.37. The Morgan fingerprint density at radius 1 is 1.16 bits per heavy atom. The van der Waals surface area contributed by atoms with Crippen LogP contribution in [-0.2, 0) is 0 Å². The van der Waals surface area contributed by atoms with E-state index in [-0.39, 0.29) is 0 Å². The Bertz CT molecular complexity index is 402. The molecule has 0 amide bonds. The van der Waals surface area contributed by atoms with Crippen molar-refractivity contribution in [2.45, 2.75) is 71.9 Å². The molecular weight excluding hydrogens is 230 g/mol. The molecule has 1 atom stereocenters. The van der Waals surface area contributed by atoms with Crippen molar-refractivity contribution in [2.24, 2.45) is 5.92 Å². The summed E-state index contributed by atoms with van der Waals surface area (Å²) < 4.78 is 0. The molecule has 2 rings (SSSR count). The minimum absolute atomic E-state index is 0.476. The quantitative estimate of drug-likeness (QED) is 0.809. The first-order valence-electron chi connectivity index (χ1n) is 7.93. The highest BCUT2D eigenvalue weighted by molar-refractivity contribution is 5.32. The molecule has 0 spiro atoms. The summed E-state index contributed by atoms with van der Waals surface area (Å²) in [4.78, 5) is 0. The molecule has 1 nitrogen and oxygen atoms in total. The van der Waals surface area contributed by atoms with E-state index in [0.29, 0.717) is 6.04 Å². The largest absolute Gasteiger partial charge is 0.307 e. The maximum Gasteiger partial charge on any atom is 0.0296 e. The molecule has 0 aliphatic heterocycles. The third-order valence-corrected chi connectivity index (χ3v) is 4.80. The Balaban J connectivity index is 1.92. The monoisotopic (exact) mass is 259 g/mol. The van der Waals surface area contributed by atoms with Crippen LogP contribution in [0.5, 0.6) is 0 Å². The van der Waals surface area contributed by atoms with Gasteiger partial charge in [-0.3, -0.25) is 0 Å². The molecule has 1 aliphatic carbocycles. The van der Waals surface area contributed by atoms with Crippen LogP contribution in [0.2, 0.25) is 0 Å². The van der Waals surface area contributed by atoms with Gasteiger partial charge < -0.3 is 5.32 Å². The van der Waals surface area contributed by atoms with Crippen LogP contribution >= 0.6 is 0 Å². The number of rotatable bonds is 4. The van der Waals surface area contributed by atoms with Crippen LogP contribution in [0, 0.1) is 19.8 Å². The van der Waals surface area contributed by atoms with E-state index in [2.05, 4.69) is 51.2 Å². The Hall–Kier alpha value is -0.820. The van der Waals surface area contributed by atoms with Crippen molar-refractivity contribution in [3.8, 4) is 0 Å². The minimum atomic E-state index is 0.476. The van der Waals surface area contributed by atoms with Gasteiger partial charge in [-0.05, 0) is 63.5 Å². The van der Waals surface area contributed by atoms with Crippen molar-refractivity contribution >= 4 is 0 Å². The van der Waals surface area contributed by atoms with Gasteiger partial charge in [0.05, 0.1) is 0 Å². The normalized spacial score (nSPS) is 25.3. The zero-order valence-electron chi connectivity index (χ0n) is 13.0. The van der Waals surface area contributed by atoms with E-state index in [4.69, 9.17) is 0 Å². The molecule has 106 valence electrons. The Labute approximate surface area is 118 Å². The predicted octanol–water partition coefficient (Wildman–Crippen LogP) is 4.92. The van der Waals surface area contributed by atoms with Crippen LogP contribution < -0.4 is 5.32 Å². The lowest BCUT2D eigenvalue weighted by molar-refractivity contribution is 0.273. The smallest absolute Gasteiger partial charge is 0.0296 e. The summed E-state index contributed by atoms with van der Waals surface area (Å²) in [6.45, 7) is 9.04. The van der Waals surface area contributed by atoms with Crippen LogP contribution in [0.15, 0.2) is 18.2 Å². The highest BCUT2D eigenvalue weighted by atomic mass is 14.9. The van der Waals surface area contributed by atoms with E-state index in [9.17, 15) is 0 Å². The standard InChI is InChI=1S/C18H29N/c1-5-16-7-9-17(10-8-16)19-15(4)18-11-6-13(2)12-14(18)3/h6,11-12,15-17,19H,5,7-10H2,1-4H3. The van der Waals surface area contributed by atoms with E-state index < -0.39 is 0 Å². The Morgan fingerprint density at radius 3 is 2.42 bits per heavy atom. The average Bonchev–Trinajstić information content (AvgIpc) is 2.39. The lowest BCUT2D eigenvalue weighted by Crippen LogP contribution is -2.35. The fourth-order valence-electron chi connectivity index (χ4n) is 3.49. The van der Waals surface area contributed by atoms with Gasteiger partial charge in [0.15, 0.2) is 0 Å². The minimum Gasteiger partial charge on any atom is -0.307 e. The number of aryl methyl sites for hydroxylation is 2. The lowest BCUT2D eigenvalue weighted by Gasteiger charge is -2.31. The van der Waals surface area contributed by atoms with Crippen LogP contribution in [0.4, 0.5) is 0 Å². The summed E-state index contributed by atoms with van der Waals surface area (Å²) in [5.41, 5.74) is 4.24. The van der Waals surface area contributed by atoms with E-state index in [1.807, 2.05) is 0 Å². The summed E-state index contributed by atoms with van der Waals surface area (Å²) in [5.74, 6) is 0.981. The second-order valence-corrected chi connectivity index (χ2v) is 6.37. The summed E-state index contributed by atoms with van der Waals surface area (Å²) in [6.07, 6.45) is 6.89. The maximum atomic E-state index is 3.84. The average molecular weight is 259 g/mol.